The highest BCUT2D eigenvalue weighted by Gasteiger charge is 2.18. The van der Waals surface area contributed by atoms with E-state index in [4.69, 9.17) is 16.3 Å². The molecule has 0 radical (unpaired) electrons. The van der Waals surface area contributed by atoms with Crippen molar-refractivity contribution in [2.24, 2.45) is 7.05 Å². The Kier molecular flexibility index (Phi) is 7.09. The highest BCUT2D eigenvalue weighted by atomic mass is 35.5. The summed E-state index contributed by atoms with van der Waals surface area (Å²) in [6.45, 7) is 3.49. The summed E-state index contributed by atoms with van der Waals surface area (Å²) in [5.74, 6) is -1.47. The van der Waals surface area contributed by atoms with Gasteiger partial charge in [-0.1, -0.05) is 31.0 Å². The zero-order chi connectivity index (χ0) is 23.5. The van der Waals surface area contributed by atoms with Crippen molar-refractivity contribution in [2.45, 2.75) is 26.7 Å². The lowest BCUT2D eigenvalue weighted by atomic mass is 10.2. The van der Waals surface area contributed by atoms with Crippen LogP contribution in [0.4, 0.5) is 10.3 Å². The zero-order valence-corrected chi connectivity index (χ0v) is 19.2. The maximum absolute atomic E-state index is 14.2. The first-order valence-corrected chi connectivity index (χ1v) is 11.7. The number of halogens is 2. The van der Waals surface area contributed by atoms with Crippen molar-refractivity contribution in [2.75, 3.05) is 10.5 Å². The van der Waals surface area contributed by atoms with E-state index in [9.17, 15) is 17.6 Å². The molecule has 3 rings (SSSR count). The zero-order valence-electron chi connectivity index (χ0n) is 17.6. The van der Waals surface area contributed by atoms with Gasteiger partial charge in [0.1, 0.15) is 0 Å². The maximum Gasteiger partial charge on any atom is 0.327 e. The van der Waals surface area contributed by atoms with Gasteiger partial charge in [-0.05, 0) is 31.5 Å². The van der Waals surface area contributed by atoms with E-state index in [1.807, 2.05) is 6.92 Å². The van der Waals surface area contributed by atoms with Crippen molar-refractivity contribution in [1.29, 1.82) is 0 Å². The topological polar surface area (TPSA) is 116 Å². The van der Waals surface area contributed by atoms with Gasteiger partial charge in [-0.2, -0.15) is 15.0 Å². The molecule has 32 heavy (non-hydrogen) atoms. The number of anilines is 1. The quantitative estimate of drug-likeness (QED) is 0.521. The summed E-state index contributed by atoms with van der Waals surface area (Å²) in [5, 5.41) is -0.0185. The van der Waals surface area contributed by atoms with Gasteiger partial charge >= 0.3 is 6.01 Å². The molecule has 1 N–H and O–H groups in total. The smallest absolute Gasteiger partial charge is 0.327 e. The van der Waals surface area contributed by atoms with Gasteiger partial charge in [0.2, 0.25) is 16.0 Å². The largest absolute Gasteiger partial charge is 0.419 e. The second-order valence-electron chi connectivity index (χ2n) is 7.02. The number of pyridine rings is 1. The van der Waals surface area contributed by atoms with E-state index in [0.29, 0.717) is 24.0 Å². The maximum atomic E-state index is 14.2. The third-order valence-corrected chi connectivity index (χ3v) is 5.98. The summed E-state index contributed by atoms with van der Waals surface area (Å²) >= 11 is 6.01. The first-order valence-electron chi connectivity index (χ1n) is 9.65. The summed E-state index contributed by atoms with van der Waals surface area (Å²) in [5.41, 5.74) is 0.624. The number of rotatable bonds is 8. The van der Waals surface area contributed by atoms with Crippen LogP contribution in [0.2, 0.25) is 5.02 Å². The molecule has 0 bridgehead atoms. The molecule has 0 aliphatic rings. The molecular weight excluding hydrogens is 461 g/mol. The summed E-state index contributed by atoms with van der Waals surface area (Å²) in [4.78, 5) is 24.3. The molecular formula is C20H21ClFN5O4S. The van der Waals surface area contributed by atoms with Crippen molar-refractivity contribution in [1.82, 2.24) is 19.5 Å². The Morgan fingerprint density at radius 3 is 2.66 bits per heavy atom. The van der Waals surface area contributed by atoms with Gasteiger partial charge < -0.3 is 9.30 Å². The molecule has 2 heterocycles. The molecule has 12 heteroatoms. The van der Waals surface area contributed by atoms with E-state index < -0.39 is 15.8 Å². The fraction of sp³-hybridized carbons (Fsp3) is 0.300. The number of nitrogens with zero attached hydrogens (tertiary/aromatic N) is 4. The van der Waals surface area contributed by atoms with E-state index in [2.05, 4.69) is 19.7 Å². The van der Waals surface area contributed by atoms with Crippen LogP contribution in [0.5, 0.6) is 11.8 Å². The lowest BCUT2D eigenvalue weighted by Gasteiger charge is -2.12. The number of hydrogen-bond acceptors (Lipinski definition) is 7. The number of aromatic nitrogens is 4. The Morgan fingerprint density at radius 1 is 1.25 bits per heavy atom. The molecule has 2 aromatic heterocycles. The number of benzene rings is 1. The number of unbranched alkanes of at least 4 members (excludes halogenated alkanes) is 1. The number of sulfonamides is 1. The SMILES string of the molecule is CCCCS(=O)(=O)Nc1nc(Oc2c(F)cccc2Cl)nc(-c2cc(C)c(=O)n(C)c2)n1. The molecule has 170 valence electrons. The Hall–Kier alpha value is -3.05. The van der Waals surface area contributed by atoms with Crippen molar-refractivity contribution in [3.8, 4) is 23.1 Å². The van der Waals surface area contributed by atoms with Crippen LogP contribution in [-0.4, -0.2) is 33.7 Å². The van der Waals surface area contributed by atoms with E-state index >= 15 is 0 Å². The van der Waals surface area contributed by atoms with Crippen LogP contribution in [0.15, 0.2) is 35.3 Å². The Bertz CT molecular complexity index is 1270. The Labute approximate surface area is 189 Å². The van der Waals surface area contributed by atoms with E-state index in [0.717, 1.165) is 6.07 Å². The average molecular weight is 482 g/mol. The second-order valence-corrected chi connectivity index (χ2v) is 9.27. The third kappa shape index (κ3) is 5.60. The number of aryl methyl sites for hydroxylation is 2. The first kappa shape index (κ1) is 23.6. The molecule has 1 aromatic carbocycles. The van der Waals surface area contributed by atoms with Gasteiger partial charge in [-0.3, -0.25) is 9.52 Å². The average Bonchev–Trinajstić information content (AvgIpc) is 2.72. The van der Waals surface area contributed by atoms with Crippen molar-refractivity contribution >= 4 is 27.6 Å². The molecule has 0 aliphatic heterocycles. The number of ether oxygens (including phenoxy) is 1. The number of para-hydroxylation sites is 1. The van der Waals surface area contributed by atoms with Gasteiger partial charge in [0.15, 0.2) is 17.4 Å². The summed E-state index contributed by atoms with van der Waals surface area (Å²) < 4.78 is 48.0. The van der Waals surface area contributed by atoms with Gasteiger partial charge in [-0.25, -0.2) is 12.8 Å². The van der Waals surface area contributed by atoms with Crippen LogP contribution < -0.4 is 15.0 Å². The molecule has 0 aliphatic carbocycles. The van der Waals surface area contributed by atoms with Gasteiger partial charge in [0.25, 0.3) is 5.56 Å². The fourth-order valence-corrected chi connectivity index (χ4v) is 4.11. The van der Waals surface area contributed by atoms with Crippen molar-refractivity contribution in [3.63, 3.8) is 0 Å². The van der Waals surface area contributed by atoms with Crippen LogP contribution in [0.25, 0.3) is 11.4 Å². The lowest BCUT2D eigenvalue weighted by molar-refractivity contribution is 0.411. The number of hydrogen-bond donors (Lipinski definition) is 1. The van der Waals surface area contributed by atoms with Gasteiger partial charge in [-0.15, -0.1) is 0 Å². The van der Waals surface area contributed by atoms with Gasteiger partial charge in [0.05, 0.1) is 10.8 Å². The molecule has 0 saturated carbocycles. The summed E-state index contributed by atoms with van der Waals surface area (Å²) in [6, 6.07) is 5.15. The molecule has 0 spiro atoms. The first-order chi connectivity index (χ1) is 15.1. The Balaban J connectivity index is 2.10. The van der Waals surface area contributed by atoms with E-state index in [1.165, 1.54) is 22.9 Å². The minimum atomic E-state index is -3.74. The normalized spacial score (nSPS) is 11.4. The lowest BCUT2D eigenvalue weighted by Crippen LogP contribution is -2.20. The molecule has 3 aromatic rings. The van der Waals surface area contributed by atoms with E-state index in [1.54, 1.807) is 20.0 Å². The molecule has 0 unspecified atom stereocenters. The predicted octanol–water partition coefficient (Wildman–Crippen LogP) is 3.67. The monoisotopic (exact) mass is 481 g/mol. The summed E-state index contributed by atoms with van der Waals surface area (Å²) in [6.07, 6.45) is 2.61. The molecule has 0 saturated heterocycles. The standard InChI is InChI=1S/C20H21ClFN5O4S/c1-4-5-9-32(29,30)26-19-23-17(13-10-12(2)18(28)27(3)11-13)24-20(25-19)31-16-14(21)7-6-8-15(16)22/h6-8,10-11H,4-5,9H2,1-3H3,(H,23,24,25,26). The third-order valence-electron chi connectivity index (χ3n) is 4.36. The van der Waals surface area contributed by atoms with Crippen molar-refractivity contribution < 1.29 is 17.5 Å². The van der Waals surface area contributed by atoms with E-state index in [-0.39, 0.29) is 39.9 Å². The minimum absolute atomic E-state index is 0.0185. The molecule has 9 nitrogen and oxygen atoms in total. The van der Waals surface area contributed by atoms with Crippen LogP contribution >= 0.6 is 11.6 Å². The van der Waals surface area contributed by atoms with Crippen LogP contribution in [0, 0.1) is 12.7 Å². The van der Waals surface area contributed by atoms with Crippen LogP contribution in [-0.2, 0) is 17.1 Å². The van der Waals surface area contributed by atoms with Crippen molar-refractivity contribution in [3.05, 3.63) is 57.2 Å². The fourth-order valence-electron chi connectivity index (χ4n) is 2.77. The Morgan fingerprint density at radius 2 is 2.00 bits per heavy atom. The number of nitrogens with one attached hydrogen (secondary N) is 1. The van der Waals surface area contributed by atoms with Crippen LogP contribution in [0.3, 0.4) is 0 Å². The predicted molar refractivity (Wildman–Crippen MR) is 119 cm³/mol. The molecule has 0 fully saturated rings. The highest BCUT2D eigenvalue weighted by Crippen LogP contribution is 2.31. The minimum Gasteiger partial charge on any atom is -0.419 e. The molecule has 0 amide bonds. The highest BCUT2D eigenvalue weighted by molar-refractivity contribution is 7.92. The summed E-state index contributed by atoms with van der Waals surface area (Å²) in [7, 11) is -2.18. The van der Waals surface area contributed by atoms with Gasteiger partial charge in [0, 0.05) is 24.4 Å². The molecule has 0 atom stereocenters. The second kappa shape index (κ2) is 9.61. The van der Waals surface area contributed by atoms with Crippen LogP contribution in [0.1, 0.15) is 25.3 Å².